The van der Waals surface area contributed by atoms with Crippen LogP contribution in [0.5, 0.6) is 0 Å². The predicted octanol–water partition coefficient (Wildman–Crippen LogP) is 6.97. The molecule has 7 nitrogen and oxygen atoms in total. The second-order valence-electron chi connectivity index (χ2n) is 14.0. The van der Waals surface area contributed by atoms with Crippen LogP contribution in [0, 0.1) is 11.5 Å². The normalized spacial score (nSPS) is 21.5. The van der Waals surface area contributed by atoms with Crippen molar-refractivity contribution in [3.05, 3.63) is 82.9 Å². The maximum Gasteiger partial charge on any atom is 0.254 e. The van der Waals surface area contributed by atoms with Crippen LogP contribution >= 0.6 is 0 Å². The van der Waals surface area contributed by atoms with Gasteiger partial charge in [-0.3, -0.25) is 9.78 Å². The maximum atomic E-state index is 14.2. The van der Waals surface area contributed by atoms with Crippen molar-refractivity contribution in [1.82, 2.24) is 19.4 Å². The van der Waals surface area contributed by atoms with Gasteiger partial charge in [-0.05, 0) is 52.5 Å². The predicted molar refractivity (Wildman–Crippen MR) is 182 cm³/mol. The summed E-state index contributed by atoms with van der Waals surface area (Å²) < 4.78 is 32.9. The number of hydrogen-bond donors (Lipinski definition) is 1. The standard InChI is InChI=1S/C37H43N5O2Si/c1-22(2)45(23(3)4,24(5)6)16-15-25-9-8-10-28-34(25)31-18-32(41(7)36(28)43)35-40-29-13-11-26(17-30(29)42(31)35)27-12-14-33(39-19-27)37(38)20-44-21-37/h8-14,17,19,22-24,31-32H,18,20-21,38H2,1-7H3/t31-,32-/m1/s1/i7D3. The summed E-state index contributed by atoms with van der Waals surface area (Å²) >= 11 is 0. The van der Waals surface area contributed by atoms with Crippen LogP contribution in [-0.2, 0) is 10.3 Å². The summed E-state index contributed by atoms with van der Waals surface area (Å²) in [5.41, 5.74) is 17.3. The van der Waals surface area contributed by atoms with Gasteiger partial charge in [0.1, 0.15) is 19.4 Å². The molecule has 3 aliphatic rings. The molecule has 0 radical (unpaired) electrons. The van der Waals surface area contributed by atoms with E-state index in [4.69, 9.17) is 19.6 Å². The number of carbonyl (C=O) groups is 1. The van der Waals surface area contributed by atoms with Crippen molar-refractivity contribution in [3.8, 4) is 22.6 Å². The summed E-state index contributed by atoms with van der Waals surface area (Å²) in [7, 11) is -2.10. The largest absolute Gasteiger partial charge is 0.377 e. The minimum Gasteiger partial charge on any atom is -0.377 e. The summed E-state index contributed by atoms with van der Waals surface area (Å²) in [4.78, 5) is 24.9. The number of fused-ring (bicyclic) bond motifs is 9. The first-order valence-corrected chi connectivity index (χ1v) is 18.3. The molecule has 1 amide bonds. The van der Waals surface area contributed by atoms with E-state index in [0.29, 0.717) is 47.6 Å². The summed E-state index contributed by atoms with van der Waals surface area (Å²) in [5.74, 6) is 3.70. The third-order valence-electron chi connectivity index (χ3n) is 10.6. The molecule has 0 saturated carbocycles. The van der Waals surface area contributed by atoms with Crippen LogP contribution in [0.4, 0.5) is 0 Å². The first-order valence-electron chi connectivity index (χ1n) is 17.5. The molecular formula is C37H43N5O2Si. The molecule has 4 aromatic rings. The van der Waals surface area contributed by atoms with Crippen LogP contribution in [0.15, 0.2) is 54.7 Å². The number of pyridine rings is 1. The van der Waals surface area contributed by atoms with Gasteiger partial charge in [0.25, 0.3) is 5.91 Å². The third kappa shape index (κ3) is 4.43. The van der Waals surface area contributed by atoms with E-state index in [0.717, 1.165) is 43.9 Å². The molecule has 0 aliphatic carbocycles. The molecule has 2 atom stereocenters. The Labute approximate surface area is 271 Å². The van der Waals surface area contributed by atoms with Gasteiger partial charge in [-0.15, -0.1) is 5.54 Å². The summed E-state index contributed by atoms with van der Waals surface area (Å²) in [6.07, 6.45) is 2.25. The number of nitrogens with zero attached hydrogens (tertiary/aromatic N) is 4. The maximum absolute atomic E-state index is 14.2. The van der Waals surface area contributed by atoms with Crippen LogP contribution in [0.2, 0.25) is 16.6 Å². The molecule has 0 unspecified atom stereocenters. The van der Waals surface area contributed by atoms with Crippen molar-refractivity contribution in [1.29, 1.82) is 0 Å². The molecular weight excluding hydrogens is 575 g/mol. The number of rotatable bonds is 5. The van der Waals surface area contributed by atoms with Crippen molar-refractivity contribution in [2.24, 2.45) is 5.73 Å². The number of ether oxygens (including phenoxy) is 1. The fourth-order valence-corrected chi connectivity index (χ4v) is 13.4. The third-order valence-corrected chi connectivity index (χ3v) is 16.9. The molecule has 7 rings (SSSR count). The molecule has 232 valence electrons. The fraction of sp³-hybridized carbons (Fsp3) is 0.432. The van der Waals surface area contributed by atoms with Gasteiger partial charge < -0.3 is 19.9 Å². The number of imidazole rings is 1. The van der Waals surface area contributed by atoms with Gasteiger partial charge in [0.2, 0.25) is 0 Å². The van der Waals surface area contributed by atoms with Crippen LogP contribution in [-0.4, -0.2) is 53.6 Å². The van der Waals surface area contributed by atoms with E-state index in [1.165, 1.54) is 0 Å². The molecule has 5 heterocycles. The highest BCUT2D eigenvalue weighted by Gasteiger charge is 2.45. The number of aromatic nitrogens is 3. The Morgan fingerprint density at radius 2 is 1.76 bits per heavy atom. The van der Waals surface area contributed by atoms with Crippen LogP contribution in [0.1, 0.15) is 97.2 Å². The zero-order valence-corrected chi connectivity index (χ0v) is 27.9. The number of hydrogen-bond acceptors (Lipinski definition) is 5. The van der Waals surface area contributed by atoms with Crippen molar-refractivity contribution < 1.29 is 13.6 Å². The van der Waals surface area contributed by atoms with Gasteiger partial charge in [0.15, 0.2) is 0 Å². The monoisotopic (exact) mass is 620 g/mol. The minimum atomic E-state index is -2.65. The molecule has 1 fully saturated rings. The van der Waals surface area contributed by atoms with Crippen LogP contribution in [0.25, 0.3) is 22.2 Å². The van der Waals surface area contributed by atoms with Gasteiger partial charge in [0, 0.05) is 46.0 Å². The molecule has 2 bridgehead atoms. The zero-order chi connectivity index (χ0) is 34.3. The highest BCUT2D eigenvalue weighted by Crippen LogP contribution is 2.49. The van der Waals surface area contributed by atoms with E-state index in [1.807, 2.05) is 42.6 Å². The molecule has 1 saturated heterocycles. The first kappa shape index (κ1) is 26.4. The number of nitrogens with two attached hydrogens (primary N) is 1. The van der Waals surface area contributed by atoms with Gasteiger partial charge in [0.05, 0.1) is 42.0 Å². The summed E-state index contributed by atoms with van der Waals surface area (Å²) in [6, 6.07) is 14.6. The second-order valence-corrected chi connectivity index (χ2v) is 19.6. The van der Waals surface area contributed by atoms with Gasteiger partial charge >= 0.3 is 0 Å². The molecule has 0 spiro atoms. The van der Waals surface area contributed by atoms with Crippen molar-refractivity contribution in [2.45, 2.75) is 82.2 Å². The van der Waals surface area contributed by atoms with Gasteiger partial charge in [-0.1, -0.05) is 65.7 Å². The molecule has 2 N–H and O–H groups in total. The fourth-order valence-electron chi connectivity index (χ4n) is 8.17. The van der Waals surface area contributed by atoms with Crippen molar-refractivity contribution >= 4 is 25.0 Å². The van der Waals surface area contributed by atoms with Crippen LogP contribution in [0.3, 0.4) is 0 Å². The van der Waals surface area contributed by atoms with E-state index < -0.39 is 32.5 Å². The van der Waals surface area contributed by atoms with E-state index >= 15 is 0 Å². The Bertz CT molecular complexity index is 1960. The average Bonchev–Trinajstić information content (AvgIpc) is 3.52. The number of carbonyl (C=O) groups excluding carboxylic acids is 1. The minimum absolute atomic E-state index is 0.313. The molecule has 2 aromatic heterocycles. The Hall–Kier alpha value is -3.77. The SMILES string of the molecule is [2H]C([2H])([2H])N1C(=O)c2cccc(C#C[Si](C(C)C)(C(C)C)C(C)C)c2[C@H]2C[C@@H]1c1nc3ccc(-c4ccc(C5(N)COC5)nc4)cc3n12. The average molecular weight is 621 g/mol. The van der Waals surface area contributed by atoms with Crippen molar-refractivity contribution in [2.75, 3.05) is 20.2 Å². The second kappa shape index (κ2) is 10.7. The highest BCUT2D eigenvalue weighted by atomic mass is 28.3. The van der Waals surface area contributed by atoms with E-state index in [2.05, 4.69) is 68.6 Å². The quantitative estimate of drug-likeness (QED) is 0.192. The Morgan fingerprint density at radius 3 is 2.38 bits per heavy atom. The lowest BCUT2D eigenvalue weighted by molar-refractivity contribution is -0.0590. The van der Waals surface area contributed by atoms with Gasteiger partial charge in [-0.25, -0.2) is 4.98 Å². The van der Waals surface area contributed by atoms with E-state index in [9.17, 15) is 4.79 Å². The molecule has 2 aromatic carbocycles. The molecule has 45 heavy (non-hydrogen) atoms. The van der Waals surface area contributed by atoms with Crippen molar-refractivity contribution in [3.63, 3.8) is 0 Å². The van der Waals surface area contributed by atoms with E-state index in [1.54, 1.807) is 6.07 Å². The Morgan fingerprint density at radius 1 is 1.02 bits per heavy atom. The van der Waals surface area contributed by atoms with Crippen LogP contribution < -0.4 is 5.73 Å². The Kier molecular flexibility index (Phi) is 6.26. The lowest BCUT2D eigenvalue weighted by atomic mass is 9.93. The lowest BCUT2D eigenvalue weighted by Crippen LogP contribution is -2.54. The highest BCUT2D eigenvalue weighted by molar-refractivity contribution is 6.90. The number of benzene rings is 2. The molecule has 3 aliphatic heterocycles. The smallest absolute Gasteiger partial charge is 0.254 e. The Balaban J connectivity index is 1.41. The van der Waals surface area contributed by atoms with E-state index in [-0.39, 0.29) is 6.04 Å². The topological polar surface area (TPSA) is 86.3 Å². The summed E-state index contributed by atoms with van der Waals surface area (Å²) in [5, 5.41) is 0. The lowest BCUT2D eigenvalue weighted by Gasteiger charge is -2.38. The van der Waals surface area contributed by atoms with Gasteiger partial charge in [-0.2, -0.15) is 0 Å². The summed E-state index contributed by atoms with van der Waals surface area (Å²) in [6.45, 7) is 12.0. The zero-order valence-electron chi connectivity index (χ0n) is 29.9. The first-order chi connectivity index (χ1) is 22.7. The number of amides is 1. The molecule has 8 heteroatoms.